The molecule has 0 aliphatic carbocycles. The highest BCUT2D eigenvalue weighted by Crippen LogP contribution is 2.09. The second-order valence-corrected chi connectivity index (χ2v) is 4.90. The number of benzene rings is 1. The van der Waals surface area contributed by atoms with E-state index in [1.165, 1.54) is 19.2 Å². The zero-order chi connectivity index (χ0) is 16.7. The molecular formula is C16H17N3O4. The lowest BCUT2D eigenvalue weighted by molar-refractivity contribution is -0.141. The van der Waals surface area contributed by atoms with Crippen molar-refractivity contribution in [2.24, 2.45) is 5.92 Å². The average Bonchev–Trinajstić information content (AvgIpc) is 2.59. The molecule has 0 spiro atoms. The number of carboxylic acids is 1. The Balaban J connectivity index is 1.95. The van der Waals surface area contributed by atoms with E-state index in [0.29, 0.717) is 12.3 Å². The van der Waals surface area contributed by atoms with Crippen molar-refractivity contribution in [1.29, 1.82) is 0 Å². The number of carbonyl (C=O) groups excluding carboxylic acids is 1. The smallest absolute Gasteiger partial charge is 0.308 e. The van der Waals surface area contributed by atoms with E-state index in [1.807, 2.05) is 30.3 Å². The topological polar surface area (TPSA) is 101 Å². The second kappa shape index (κ2) is 7.88. The van der Waals surface area contributed by atoms with Gasteiger partial charge in [0.2, 0.25) is 5.88 Å². The number of nitrogens with zero attached hydrogens (tertiary/aromatic N) is 2. The normalized spacial score (nSPS) is 11.5. The number of carboxylic acid groups (broad SMARTS) is 1. The maximum Gasteiger partial charge on any atom is 0.308 e. The summed E-state index contributed by atoms with van der Waals surface area (Å²) >= 11 is 0. The van der Waals surface area contributed by atoms with Crippen molar-refractivity contribution in [3.8, 4) is 5.88 Å². The molecule has 0 bridgehead atoms. The quantitative estimate of drug-likeness (QED) is 0.795. The van der Waals surface area contributed by atoms with Crippen molar-refractivity contribution < 1.29 is 19.4 Å². The van der Waals surface area contributed by atoms with Gasteiger partial charge in [-0.15, -0.1) is 10.2 Å². The van der Waals surface area contributed by atoms with E-state index in [1.54, 1.807) is 0 Å². The number of ether oxygens (including phenoxy) is 1. The van der Waals surface area contributed by atoms with Gasteiger partial charge in [0.1, 0.15) is 0 Å². The third kappa shape index (κ3) is 4.77. The summed E-state index contributed by atoms with van der Waals surface area (Å²) in [6.07, 6.45) is 0.338. The molecule has 0 unspecified atom stereocenters. The average molecular weight is 315 g/mol. The van der Waals surface area contributed by atoms with Crippen LogP contribution in [0.2, 0.25) is 0 Å². The summed E-state index contributed by atoms with van der Waals surface area (Å²) in [4.78, 5) is 23.3. The predicted molar refractivity (Wildman–Crippen MR) is 82.2 cm³/mol. The summed E-state index contributed by atoms with van der Waals surface area (Å²) in [5.41, 5.74) is 1.01. The summed E-state index contributed by atoms with van der Waals surface area (Å²) in [6, 6.07) is 12.2. The lowest BCUT2D eigenvalue weighted by Crippen LogP contribution is -2.34. The van der Waals surface area contributed by atoms with Gasteiger partial charge in [0.05, 0.1) is 13.0 Å². The van der Waals surface area contributed by atoms with Gasteiger partial charge in [0.25, 0.3) is 5.91 Å². The molecule has 0 aliphatic heterocycles. The number of carbonyl (C=O) groups is 2. The molecule has 1 amide bonds. The van der Waals surface area contributed by atoms with Crippen molar-refractivity contribution in [3.63, 3.8) is 0 Å². The molecule has 2 N–H and O–H groups in total. The zero-order valence-corrected chi connectivity index (χ0v) is 12.6. The molecule has 2 rings (SSSR count). The highest BCUT2D eigenvalue weighted by atomic mass is 16.5. The van der Waals surface area contributed by atoms with Crippen molar-refractivity contribution in [2.45, 2.75) is 6.42 Å². The van der Waals surface area contributed by atoms with Crippen LogP contribution < -0.4 is 10.1 Å². The van der Waals surface area contributed by atoms with Gasteiger partial charge in [0.15, 0.2) is 5.69 Å². The molecule has 1 heterocycles. The maximum atomic E-state index is 12.0. The third-order valence-electron chi connectivity index (χ3n) is 3.27. The lowest BCUT2D eigenvalue weighted by atomic mass is 9.99. The monoisotopic (exact) mass is 315 g/mol. The van der Waals surface area contributed by atoms with Crippen LogP contribution >= 0.6 is 0 Å². The number of hydrogen-bond donors (Lipinski definition) is 2. The van der Waals surface area contributed by atoms with Gasteiger partial charge in [-0.05, 0) is 18.1 Å². The molecule has 120 valence electrons. The van der Waals surface area contributed by atoms with E-state index in [0.717, 1.165) is 5.56 Å². The Hall–Kier alpha value is -2.96. The highest BCUT2D eigenvalue weighted by Gasteiger charge is 2.19. The summed E-state index contributed by atoms with van der Waals surface area (Å²) in [5, 5.41) is 19.3. The van der Waals surface area contributed by atoms with E-state index < -0.39 is 17.8 Å². The summed E-state index contributed by atoms with van der Waals surface area (Å²) < 4.78 is 4.86. The Kier molecular flexibility index (Phi) is 5.62. The second-order valence-electron chi connectivity index (χ2n) is 4.90. The van der Waals surface area contributed by atoms with Crippen LogP contribution in [0.3, 0.4) is 0 Å². The van der Waals surface area contributed by atoms with Gasteiger partial charge in [0, 0.05) is 12.6 Å². The van der Waals surface area contributed by atoms with Crippen LogP contribution in [0.25, 0.3) is 0 Å². The van der Waals surface area contributed by atoms with Gasteiger partial charge < -0.3 is 15.2 Å². The minimum Gasteiger partial charge on any atom is -0.481 e. The number of hydrogen-bond acceptors (Lipinski definition) is 5. The lowest BCUT2D eigenvalue weighted by Gasteiger charge is -2.13. The van der Waals surface area contributed by atoms with Crippen molar-refractivity contribution in [3.05, 3.63) is 53.7 Å². The van der Waals surface area contributed by atoms with Crippen LogP contribution in [0, 0.1) is 5.92 Å². The first kappa shape index (κ1) is 16.4. The minimum atomic E-state index is -0.963. The van der Waals surface area contributed by atoms with E-state index in [9.17, 15) is 14.7 Å². The summed E-state index contributed by atoms with van der Waals surface area (Å²) in [6.45, 7) is 0.0107. The molecule has 23 heavy (non-hydrogen) atoms. The first-order chi connectivity index (χ1) is 11.1. The molecular weight excluding hydrogens is 298 g/mol. The third-order valence-corrected chi connectivity index (χ3v) is 3.27. The van der Waals surface area contributed by atoms with Crippen LogP contribution in [0.5, 0.6) is 5.88 Å². The molecule has 7 heteroatoms. The molecule has 0 saturated carbocycles. The zero-order valence-electron chi connectivity index (χ0n) is 12.6. The molecule has 1 atom stereocenters. The van der Waals surface area contributed by atoms with Crippen molar-refractivity contribution in [1.82, 2.24) is 15.5 Å². The Morgan fingerprint density at radius 1 is 1.17 bits per heavy atom. The van der Waals surface area contributed by atoms with Crippen molar-refractivity contribution >= 4 is 11.9 Å². The molecule has 0 fully saturated rings. The Morgan fingerprint density at radius 3 is 2.48 bits per heavy atom. The first-order valence-corrected chi connectivity index (χ1v) is 7.03. The number of amides is 1. The van der Waals surface area contributed by atoms with Gasteiger partial charge in [-0.25, -0.2) is 0 Å². The number of nitrogens with one attached hydrogen (secondary N) is 1. The van der Waals surface area contributed by atoms with Gasteiger partial charge in [-0.2, -0.15) is 0 Å². The molecule has 0 radical (unpaired) electrons. The Bertz CT molecular complexity index is 659. The van der Waals surface area contributed by atoms with E-state index in [2.05, 4.69) is 15.5 Å². The number of methoxy groups -OCH3 is 1. The summed E-state index contributed by atoms with van der Waals surface area (Å²) in [7, 11) is 1.45. The Morgan fingerprint density at radius 2 is 1.91 bits per heavy atom. The SMILES string of the molecule is COc1ccc(C(=O)NC[C@@H](Cc2ccccc2)C(=O)O)nn1. The van der Waals surface area contributed by atoms with E-state index >= 15 is 0 Å². The van der Waals surface area contributed by atoms with Crippen LogP contribution in [0.1, 0.15) is 16.1 Å². The van der Waals surface area contributed by atoms with Crippen LogP contribution in [-0.2, 0) is 11.2 Å². The number of aliphatic carboxylic acids is 1. The largest absolute Gasteiger partial charge is 0.481 e. The first-order valence-electron chi connectivity index (χ1n) is 7.03. The molecule has 1 aromatic heterocycles. The predicted octanol–water partition coefficient (Wildman–Crippen LogP) is 1.16. The fourth-order valence-corrected chi connectivity index (χ4v) is 2.00. The summed E-state index contributed by atoms with van der Waals surface area (Å²) in [5.74, 6) is -1.85. The van der Waals surface area contributed by atoms with Crippen LogP contribution in [-0.4, -0.2) is 40.8 Å². The minimum absolute atomic E-state index is 0.0107. The molecule has 0 aliphatic rings. The van der Waals surface area contributed by atoms with Gasteiger partial charge >= 0.3 is 5.97 Å². The van der Waals surface area contributed by atoms with E-state index in [-0.39, 0.29) is 12.2 Å². The van der Waals surface area contributed by atoms with Crippen LogP contribution in [0.15, 0.2) is 42.5 Å². The van der Waals surface area contributed by atoms with Gasteiger partial charge in [-0.3, -0.25) is 9.59 Å². The fourth-order valence-electron chi connectivity index (χ4n) is 2.00. The number of rotatable bonds is 7. The maximum absolute atomic E-state index is 12.0. The standard InChI is InChI=1S/C16H17N3O4/c1-23-14-8-7-13(18-19-14)15(20)17-10-12(16(21)22)9-11-5-3-2-4-6-11/h2-8,12H,9-10H2,1H3,(H,17,20)(H,21,22)/t12-/m1/s1. The number of aromatic nitrogens is 2. The van der Waals surface area contributed by atoms with E-state index in [4.69, 9.17) is 4.74 Å². The molecule has 1 aromatic carbocycles. The molecule has 0 saturated heterocycles. The fraction of sp³-hybridized carbons (Fsp3) is 0.250. The molecule has 7 nitrogen and oxygen atoms in total. The van der Waals surface area contributed by atoms with Gasteiger partial charge in [-0.1, -0.05) is 30.3 Å². The van der Waals surface area contributed by atoms with Crippen LogP contribution in [0.4, 0.5) is 0 Å². The Labute approximate surface area is 133 Å². The molecule has 2 aromatic rings. The van der Waals surface area contributed by atoms with Crippen molar-refractivity contribution in [2.75, 3.05) is 13.7 Å². The highest BCUT2D eigenvalue weighted by molar-refractivity contribution is 5.92.